The Morgan fingerprint density at radius 2 is 2.15 bits per heavy atom. The number of carbonyl (C=O) groups excluding carboxylic acids is 1. The van der Waals surface area contributed by atoms with E-state index in [0.717, 1.165) is 17.5 Å². The van der Waals surface area contributed by atoms with Gasteiger partial charge in [-0.2, -0.15) is 0 Å². The first-order valence-electron chi connectivity index (χ1n) is 8.79. The summed E-state index contributed by atoms with van der Waals surface area (Å²) in [5.41, 5.74) is 1.77. The number of hydrogen-bond donors (Lipinski definition) is 1. The first-order chi connectivity index (χ1) is 13.2. The predicted octanol–water partition coefficient (Wildman–Crippen LogP) is 2.25. The Hall–Kier alpha value is -3.00. The van der Waals surface area contributed by atoms with Crippen LogP contribution in [0.15, 0.2) is 59.1 Å². The first kappa shape index (κ1) is 17.4. The normalized spacial score (nSPS) is 13.7. The van der Waals surface area contributed by atoms with Gasteiger partial charge in [-0.05, 0) is 30.5 Å². The molecule has 8 heteroatoms. The third kappa shape index (κ3) is 4.06. The number of benzene rings is 1. The van der Waals surface area contributed by atoms with E-state index in [1.807, 2.05) is 24.4 Å². The molecule has 0 spiro atoms. The van der Waals surface area contributed by atoms with E-state index in [2.05, 4.69) is 33.9 Å². The Morgan fingerprint density at radius 1 is 1.26 bits per heavy atom. The minimum absolute atomic E-state index is 0.00397. The SMILES string of the molecule is O=C(Cn1sc2ccccc2c1=O)NCc1cn(CC2=CCCC=C2)nn1. The summed E-state index contributed by atoms with van der Waals surface area (Å²) in [6, 6.07) is 7.36. The van der Waals surface area contributed by atoms with Gasteiger partial charge in [-0.1, -0.05) is 47.1 Å². The van der Waals surface area contributed by atoms with Gasteiger partial charge in [-0.25, -0.2) is 4.68 Å². The lowest BCUT2D eigenvalue weighted by atomic mass is 10.1. The van der Waals surface area contributed by atoms with Crippen molar-refractivity contribution in [3.63, 3.8) is 0 Å². The molecule has 2 aromatic heterocycles. The fraction of sp³-hybridized carbons (Fsp3) is 0.263. The van der Waals surface area contributed by atoms with Crippen molar-refractivity contribution >= 4 is 27.5 Å². The largest absolute Gasteiger partial charge is 0.349 e. The van der Waals surface area contributed by atoms with Gasteiger partial charge in [0.05, 0.1) is 29.4 Å². The van der Waals surface area contributed by atoms with Crippen LogP contribution in [0.5, 0.6) is 0 Å². The first-order valence-corrected chi connectivity index (χ1v) is 9.56. The Bertz CT molecular complexity index is 1090. The highest BCUT2D eigenvalue weighted by molar-refractivity contribution is 7.13. The van der Waals surface area contributed by atoms with Crippen LogP contribution in [0, 0.1) is 0 Å². The maximum atomic E-state index is 12.3. The molecule has 1 aromatic carbocycles. The van der Waals surface area contributed by atoms with Crippen LogP contribution < -0.4 is 10.9 Å². The van der Waals surface area contributed by atoms with Gasteiger partial charge in [-0.15, -0.1) is 5.10 Å². The van der Waals surface area contributed by atoms with E-state index in [0.29, 0.717) is 17.6 Å². The summed E-state index contributed by atoms with van der Waals surface area (Å²) >= 11 is 1.30. The molecular weight excluding hydrogens is 362 g/mol. The summed E-state index contributed by atoms with van der Waals surface area (Å²) in [6.45, 7) is 0.964. The maximum Gasteiger partial charge on any atom is 0.268 e. The van der Waals surface area contributed by atoms with Gasteiger partial charge in [0.15, 0.2) is 0 Å². The van der Waals surface area contributed by atoms with E-state index in [9.17, 15) is 9.59 Å². The molecular formula is C19H19N5O2S. The Labute approximate surface area is 159 Å². The number of carbonyl (C=O) groups is 1. The fourth-order valence-corrected chi connectivity index (χ4v) is 3.96. The van der Waals surface area contributed by atoms with E-state index < -0.39 is 0 Å². The Balaban J connectivity index is 1.34. The lowest BCUT2D eigenvalue weighted by Crippen LogP contribution is -2.29. The van der Waals surface area contributed by atoms with Crippen LogP contribution in [0.3, 0.4) is 0 Å². The van der Waals surface area contributed by atoms with Gasteiger partial charge in [0, 0.05) is 0 Å². The smallest absolute Gasteiger partial charge is 0.268 e. The average Bonchev–Trinajstić information content (AvgIpc) is 3.26. The van der Waals surface area contributed by atoms with Crippen molar-refractivity contribution < 1.29 is 4.79 Å². The van der Waals surface area contributed by atoms with Gasteiger partial charge in [0.2, 0.25) is 5.91 Å². The van der Waals surface area contributed by atoms with Crippen molar-refractivity contribution in [1.29, 1.82) is 0 Å². The topological polar surface area (TPSA) is 81.8 Å². The van der Waals surface area contributed by atoms with E-state index in [1.54, 1.807) is 10.7 Å². The number of allylic oxidation sites excluding steroid dienone is 4. The molecule has 0 saturated carbocycles. The van der Waals surface area contributed by atoms with Crippen molar-refractivity contribution in [3.8, 4) is 0 Å². The molecule has 1 amide bonds. The summed E-state index contributed by atoms with van der Waals surface area (Å²) in [4.78, 5) is 24.5. The number of rotatable bonds is 6. The van der Waals surface area contributed by atoms with E-state index in [-0.39, 0.29) is 24.6 Å². The minimum Gasteiger partial charge on any atom is -0.349 e. The standard InChI is InChI=1S/C19H19N5O2S/c25-18(13-24-19(26)16-8-4-5-9-17(16)27-24)20-10-15-12-23(22-21-15)11-14-6-2-1-3-7-14/h2,4-9,12H,1,3,10-11,13H2,(H,20,25). The molecule has 0 saturated heterocycles. The summed E-state index contributed by atoms with van der Waals surface area (Å²) in [5, 5.41) is 11.6. The summed E-state index contributed by atoms with van der Waals surface area (Å²) in [6.07, 6.45) is 10.4. The third-order valence-corrected chi connectivity index (χ3v) is 5.38. The molecule has 0 aliphatic heterocycles. The molecule has 0 fully saturated rings. The van der Waals surface area contributed by atoms with Gasteiger partial charge >= 0.3 is 0 Å². The van der Waals surface area contributed by atoms with Crippen LogP contribution in [0.25, 0.3) is 10.1 Å². The zero-order valence-electron chi connectivity index (χ0n) is 14.7. The van der Waals surface area contributed by atoms with Crippen LogP contribution in [0.2, 0.25) is 0 Å². The highest BCUT2D eigenvalue weighted by atomic mass is 32.1. The molecule has 3 aromatic rings. The lowest BCUT2D eigenvalue weighted by molar-refractivity contribution is -0.121. The summed E-state index contributed by atoms with van der Waals surface area (Å²) in [7, 11) is 0. The predicted molar refractivity (Wildman–Crippen MR) is 104 cm³/mol. The van der Waals surface area contributed by atoms with Crippen LogP contribution in [-0.2, 0) is 24.4 Å². The third-order valence-electron chi connectivity index (χ3n) is 4.31. The van der Waals surface area contributed by atoms with Gasteiger partial charge in [-0.3, -0.25) is 13.5 Å². The number of nitrogens with zero attached hydrogens (tertiary/aromatic N) is 4. The second-order valence-electron chi connectivity index (χ2n) is 6.37. The van der Waals surface area contributed by atoms with Crippen molar-refractivity contribution in [3.05, 3.63) is 70.3 Å². The van der Waals surface area contributed by atoms with E-state index in [1.165, 1.54) is 21.1 Å². The molecule has 1 aliphatic carbocycles. The lowest BCUT2D eigenvalue weighted by Gasteiger charge is -2.05. The van der Waals surface area contributed by atoms with Crippen molar-refractivity contribution in [2.24, 2.45) is 0 Å². The molecule has 0 radical (unpaired) electrons. The molecule has 0 bridgehead atoms. The van der Waals surface area contributed by atoms with Gasteiger partial charge < -0.3 is 5.32 Å². The molecule has 0 unspecified atom stereocenters. The van der Waals surface area contributed by atoms with Gasteiger partial charge in [0.1, 0.15) is 12.2 Å². The van der Waals surface area contributed by atoms with E-state index in [4.69, 9.17) is 0 Å². The second kappa shape index (κ2) is 7.71. The molecule has 27 heavy (non-hydrogen) atoms. The van der Waals surface area contributed by atoms with Crippen LogP contribution in [-0.4, -0.2) is 24.9 Å². The fourth-order valence-electron chi connectivity index (χ4n) is 2.97. The molecule has 7 nitrogen and oxygen atoms in total. The van der Waals surface area contributed by atoms with E-state index >= 15 is 0 Å². The Kier molecular flexibility index (Phi) is 4.97. The number of fused-ring (bicyclic) bond motifs is 1. The number of nitrogens with one attached hydrogen (secondary N) is 1. The molecule has 138 valence electrons. The number of hydrogen-bond acceptors (Lipinski definition) is 5. The monoisotopic (exact) mass is 381 g/mol. The van der Waals surface area contributed by atoms with Crippen molar-refractivity contribution in [2.45, 2.75) is 32.5 Å². The van der Waals surface area contributed by atoms with Crippen molar-refractivity contribution in [2.75, 3.05) is 0 Å². The van der Waals surface area contributed by atoms with Crippen molar-refractivity contribution in [1.82, 2.24) is 24.3 Å². The minimum atomic E-state index is -0.226. The maximum absolute atomic E-state index is 12.3. The zero-order chi connectivity index (χ0) is 18.6. The van der Waals surface area contributed by atoms with Crippen LogP contribution in [0.4, 0.5) is 0 Å². The number of aromatic nitrogens is 4. The highest BCUT2D eigenvalue weighted by Crippen LogP contribution is 2.15. The summed E-state index contributed by atoms with van der Waals surface area (Å²) < 4.78 is 4.11. The molecule has 4 rings (SSSR count). The molecule has 2 heterocycles. The molecule has 1 aliphatic rings. The van der Waals surface area contributed by atoms with Gasteiger partial charge in [0.25, 0.3) is 5.56 Å². The average molecular weight is 381 g/mol. The quantitative estimate of drug-likeness (QED) is 0.710. The molecule has 0 atom stereocenters. The summed E-state index contributed by atoms with van der Waals surface area (Å²) in [5.74, 6) is -0.226. The second-order valence-corrected chi connectivity index (χ2v) is 7.44. The molecule has 1 N–H and O–H groups in total. The van der Waals surface area contributed by atoms with Crippen LogP contribution >= 0.6 is 11.5 Å². The number of amides is 1. The zero-order valence-corrected chi connectivity index (χ0v) is 15.5. The Morgan fingerprint density at radius 3 is 2.96 bits per heavy atom. The highest BCUT2D eigenvalue weighted by Gasteiger charge is 2.11. The van der Waals surface area contributed by atoms with Crippen LogP contribution in [0.1, 0.15) is 18.5 Å².